The summed E-state index contributed by atoms with van der Waals surface area (Å²) >= 11 is 0. The maximum atomic E-state index is 12.3. The minimum atomic E-state index is -3.53. The van der Waals surface area contributed by atoms with Gasteiger partial charge in [0.2, 0.25) is 10.0 Å². The lowest BCUT2D eigenvalue weighted by atomic mass is 9.94. The Balaban J connectivity index is 1.60. The zero-order chi connectivity index (χ0) is 16.4. The van der Waals surface area contributed by atoms with E-state index in [1.165, 1.54) is 31.4 Å². The Labute approximate surface area is 136 Å². The van der Waals surface area contributed by atoms with Crippen molar-refractivity contribution in [1.29, 1.82) is 0 Å². The van der Waals surface area contributed by atoms with Crippen molar-refractivity contribution in [2.24, 2.45) is 17.8 Å². The predicted octanol–water partition coefficient (Wildman–Crippen LogP) is 2.36. The molecule has 2 N–H and O–H groups in total. The van der Waals surface area contributed by atoms with Crippen LogP contribution in [-0.4, -0.2) is 28.2 Å². The number of anilines is 1. The topological polar surface area (TPSA) is 84.5 Å². The first kappa shape index (κ1) is 16.0. The summed E-state index contributed by atoms with van der Waals surface area (Å²) in [6.45, 7) is 0.468. The first-order chi connectivity index (χ1) is 11.0. The van der Waals surface area contributed by atoms with Crippen molar-refractivity contribution >= 4 is 21.8 Å². The van der Waals surface area contributed by atoms with Crippen LogP contribution in [0, 0.1) is 17.8 Å². The molecule has 0 unspecified atom stereocenters. The molecule has 0 aromatic heterocycles. The number of nitrogens with one attached hydrogen (secondary N) is 2. The van der Waals surface area contributed by atoms with E-state index in [-0.39, 0.29) is 4.90 Å². The van der Waals surface area contributed by atoms with E-state index in [0.717, 1.165) is 12.8 Å². The van der Waals surface area contributed by atoms with E-state index in [4.69, 9.17) is 0 Å². The highest BCUT2D eigenvalue weighted by Crippen LogP contribution is 2.43. The normalized spacial score (nSPS) is 25.5. The lowest BCUT2D eigenvalue weighted by molar-refractivity contribution is 0.187. The number of fused-ring (bicyclic) bond motifs is 2. The molecule has 3 rings (SSSR count). The Morgan fingerprint density at radius 1 is 1.22 bits per heavy atom. The Kier molecular flexibility index (Phi) is 4.41. The number of rotatable bonds is 5. The molecule has 2 aliphatic carbocycles. The van der Waals surface area contributed by atoms with Gasteiger partial charge in [0.25, 0.3) is 0 Å². The van der Waals surface area contributed by atoms with Gasteiger partial charge in [0.05, 0.1) is 12.0 Å². The van der Waals surface area contributed by atoms with Crippen LogP contribution < -0.4 is 10.0 Å². The SMILES string of the molecule is COC(=O)Nc1ccc(S(=O)(=O)NC[C@@H]2C[C@@H]3C=C[C@H]2C3)cc1. The van der Waals surface area contributed by atoms with Gasteiger partial charge in [0, 0.05) is 12.2 Å². The van der Waals surface area contributed by atoms with Crippen molar-refractivity contribution in [3.05, 3.63) is 36.4 Å². The monoisotopic (exact) mass is 336 g/mol. The second kappa shape index (κ2) is 6.33. The molecule has 7 heteroatoms. The highest BCUT2D eigenvalue weighted by Gasteiger charge is 2.35. The van der Waals surface area contributed by atoms with E-state index in [2.05, 4.69) is 26.9 Å². The molecule has 23 heavy (non-hydrogen) atoms. The highest BCUT2D eigenvalue weighted by atomic mass is 32.2. The van der Waals surface area contributed by atoms with E-state index >= 15 is 0 Å². The molecule has 6 nitrogen and oxygen atoms in total. The van der Waals surface area contributed by atoms with E-state index in [1.54, 1.807) is 0 Å². The van der Waals surface area contributed by atoms with Gasteiger partial charge >= 0.3 is 6.09 Å². The summed E-state index contributed by atoms with van der Waals surface area (Å²) < 4.78 is 31.9. The predicted molar refractivity (Wildman–Crippen MR) is 86.5 cm³/mol. The van der Waals surface area contributed by atoms with Crippen LogP contribution in [0.1, 0.15) is 12.8 Å². The van der Waals surface area contributed by atoms with Gasteiger partial charge in [-0.15, -0.1) is 0 Å². The zero-order valence-corrected chi connectivity index (χ0v) is 13.7. The lowest BCUT2D eigenvalue weighted by Crippen LogP contribution is -2.31. The number of ether oxygens (including phenoxy) is 1. The van der Waals surface area contributed by atoms with Crippen LogP contribution in [0.5, 0.6) is 0 Å². The van der Waals surface area contributed by atoms with Gasteiger partial charge in [0.1, 0.15) is 0 Å². The van der Waals surface area contributed by atoms with Crippen LogP contribution in [0.4, 0.5) is 10.5 Å². The third-order valence-corrected chi connectivity index (χ3v) is 5.99. The Hall–Kier alpha value is -1.86. The van der Waals surface area contributed by atoms with Crippen molar-refractivity contribution in [1.82, 2.24) is 4.72 Å². The van der Waals surface area contributed by atoms with E-state index in [0.29, 0.717) is 30.0 Å². The number of sulfonamides is 1. The van der Waals surface area contributed by atoms with Crippen LogP contribution >= 0.6 is 0 Å². The minimum Gasteiger partial charge on any atom is -0.453 e. The van der Waals surface area contributed by atoms with E-state index in [1.807, 2.05) is 0 Å². The fraction of sp³-hybridized carbons (Fsp3) is 0.438. The molecule has 1 amide bonds. The number of amides is 1. The molecule has 1 saturated carbocycles. The van der Waals surface area contributed by atoms with Crippen molar-refractivity contribution in [3.63, 3.8) is 0 Å². The smallest absolute Gasteiger partial charge is 0.411 e. The summed E-state index contributed by atoms with van der Waals surface area (Å²) in [4.78, 5) is 11.3. The molecule has 0 spiro atoms. The second-order valence-corrected chi connectivity index (χ2v) is 7.80. The van der Waals surface area contributed by atoms with E-state index in [9.17, 15) is 13.2 Å². The summed E-state index contributed by atoms with van der Waals surface area (Å²) in [5.74, 6) is 1.52. The van der Waals surface area contributed by atoms with Gasteiger partial charge < -0.3 is 4.74 Å². The molecule has 0 radical (unpaired) electrons. The average Bonchev–Trinajstić information content (AvgIpc) is 3.16. The standard InChI is InChI=1S/C16H20N2O4S/c1-22-16(19)18-14-4-6-15(7-5-14)23(20,21)17-10-13-9-11-2-3-12(13)8-11/h2-7,11-13,17H,8-10H2,1H3,(H,18,19)/t11-,12+,13+/m1/s1. The maximum absolute atomic E-state index is 12.3. The maximum Gasteiger partial charge on any atom is 0.411 e. The fourth-order valence-corrected chi connectivity index (χ4v) is 4.41. The van der Waals surface area contributed by atoms with Crippen LogP contribution in [0.2, 0.25) is 0 Å². The quantitative estimate of drug-likeness (QED) is 0.809. The van der Waals surface area contributed by atoms with Crippen molar-refractivity contribution in [3.8, 4) is 0 Å². The third kappa shape index (κ3) is 3.56. The van der Waals surface area contributed by atoms with Crippen molar-refractivity contribution in [2.75, 3.05) is 19.0 Å². The largest absolute Gasteiger partial charge is 0.453 e. The molecule has 3 atom stereocenters. The summed E-state index contributed by atoms with van der Waals surface area (Å²) in [6.07, 6.45) is 6.07. The zero-order valence-electron chi connectivity index (χ0n) is 12.9. The van der Waals surface area contributed by atoms with Crippen molar-refractivity contribution < 1.29 is 17.9 Å². The molecule has 1 aromatic carbocycles. The Bertz CT molecular complexity index is 712. The number of hydrogen-bond acceptors (Lipinski definition) is 4. The fourth-order valence-electron chi connectivity index (χ4n) is 3.32. The Morgan fingerprint density at radius 2 is 1.96 bits per heavy atom. The molecule has 1 fully saturated rings. The lowest BCUT2D eigenvalue weighted by Gasteiger charge is -2.18. The van der Waals surface area contributed by atoms with Crippen LogP contribution in [0.3, 0.4) is 0 Å². The second-order valence-electron chi connectivity index (χ2n) is 6.03. The van der Waals surface area contributed by atoms with Gasteiger partial charge in [-0.3, -0.25) is 5.32 Å². The molecule has 0 saturated heterocycles. The number of benzene rings is 1. The molecule has 1 aromatic rings. The summed E-state index contributed by atoms with van der Waals surface area (Å²) in [6, 6.07) is 6.00. The van der Waals surface area contributed by atoms with Gasteiger partial charge in [0.15, 0.2) is 0 Å². The molecule has 0 aliphatic heterocycles. The number of methoxy groups -OCH3 is 1. The Morgan fingerprint density at radius 3 is 2.52 bits per heavy atom. The highest BCUT2D eigenvalue weighted by molar-refractivity contribution is 7.89. The van der Waals surface area contributed by atoms with Crippen LogP contribution in [0.15, 0.2) is 41.3 Å². The van der Waals surface area contributed by atoms with Crippen molar-refractivity contribution in [2.45, 2.75) is 17.7 Å². The van der Waals surface area contributed by atoms with Gasteiger partial charge in [-0.2, -0.15) is 0 Å². The molecular formula is C16H20N2O4S. The van der Waals surface area contributed by atoms with Crippen LogP contribution in [-0.2, 0) is 14.8 Å². The number of carbonyl (C=O) groups excluding carboxylic acids is 1. The summed E-state index contributed by atoms with van der Waals surface area (Å²) in [5.41, 5.74) is 0.481. The van der Waals surface area contributed by atoms with Gasteiger partial charge in [-0.05, 0) is 54.9 Å². The molecular weight excluding hydrogens is 316 g/mol. The first-order valence-corrected chi connectivity index (χ1v) is 9.09. The number of carbonyl (C=O) groups is 1. The molecule has 2 bridgehead atoms. The van der Waals surface area contributed by atoms with Crippen LogP contribution in [0.25, 0.3) is 0 Å². The average molecular weight is 336 g/mol. The number of hydrogen-bond donors (Lipinski definition) is 2. The van der Waals surface area contributed by atoms with E-state index < -0.39 is 16.1 Å². The number of allylic oxidation sites excluding steroid dienone is 2. The first-order valence-electron chi connectivity index (χ1n) is 7.61. The van der Waals surface area contributed by atoms with Gasteiger partial charge in [-0.25, -0.2) is 17.9 Å². The molecule has 0 heterocycles. The molecule has 2 aliphatic rings. The summed E-state index contributed by atoms with van der Waals surface area (Å²) in [7, 11) is -2.27. The minimum absolute atomic E-state index is 0.187. The molecule has 124 valence electrons. The summed E-state index contributed by atoms with van der Waals surface area (Å²) in [5, 5.41) is 2.48. The van der Waals surface area contributed by atoms with Gasteiger partial charge in [-0.1, -0.05) is 12.2 Å². The third-order valence-electron chi connectivity index (χ3n) is 4.55.